The number of phosphoric ester groups is 1. The maximum Gasteiger partial charge on any atom is 0.472 e. The SMILES string of the molecule is CC/C=C\C/C=C\C/C=C\C/C=C\C/C=C\CCCCCCCCCCCCCCCCCCCCCC(=O)OC(COC(=O)CCCCCCCCCCCCCCCCCCCCCCCCCCC/C=C\CCCCCCCCCC)COP(=O)(O)OCCN. The van der Waals surface area contributed by atoms with E-state index in [9.17, 15) is 19.0 Å². The molecule has 0 saturated carbocycles. The van der Waals surface area contributed by atoms with Gasteiger partial charge in [0.2, 0.25) is 0 Å². The van der Waals surface area contributed by atoms with E-state index in [1.54, 1.807) is 0 Å². The van der Waals surface area contributed by atoms with Crippen LogP contribution in [-0.4, -0.2) is 49.3 Å². The zero-order valence-corrected chi connectivity index (χ0v) is 62.4. The molecule has 2 unspecified atom stereocenters. The Kier molecular flexibility index (Phi) is 76.3. The van der Waals surface area contributed by atoms with Crippen molar-refractivity contribution in [2.75, 3.05) is 26.4 Å². The van der Waals surface area contributed by atoms with E-state index in [4.69, 9.17) is 24.3 Å². The van der Waals surface area contributed by atoms with E-state index < -0.39 is 26.5 Å². The van der Waals surface area contributed by atoms with Gasteiger partial charge in [-0.2, -0.15) is 0 Å². The number of hydrogen-bond acceptors (Lipinski definition) is 8. The lowest BCUT2D eigenvalue weighted by molar-refractivity contribution is -0.161. The van der Waals surface area contributed by atoms with Crippen molar-refractivity contribution >= 4 is 19.8 Å². The molecule has 0 heterocycles. The number of unbranched alkanes of at least 4 members (excludes halogenated alkanes) is 52. The largest absolute Gasteiger partial charge is 0.472 e. The molecule has 544 valence electrons. The Morgan fingerprint density at radius 2 is 0.591 bits per heavy atom. The first-order chi connectivity index (χ1) is 45.8. The fourth-order valence-electron chi connectivity index (χ4n) is 12.1. The minimum Gasteiger partial charge on any atom is -0.462 e. The molecule has 0 radical (unpaired) electrons. The van der Waals surface area contributed by atoms with Crippen LogP contribution in [0.1, 0.15) is 412 Å². The van der Waals surface area contributed by atoms with Gasteiger partial charge in [-0.3, -0.25) is 18.6 Å². The van der Waals surface area contributed by atoms with Crippen LogP contribution in [0, 0.1) is 0 Å². The predicted octanol–water partition coefficient (Wildman–Crippen LogP) is 27.1. The number of ether oxygens (including phenoxy) is 2. The number of carbonyl (C=O) groups is 2. The summed E-state index contributed by atoms with van der Waals surface area (Å²) < 4.78 is 33.3. The van der Waals surface area contributed by atoms with Gasteiger partial charge < -0.3 is 20.1 Å². The number of esters is 2. The van der Waals surface area contributed by atoms with Gasteiger partial charge in [0.1, 0.15) is 6.61 Å². The number of rotatable bonds is 77. The Bertz CT molecular complexity index is 1760. The summed E-state index contributed by atoms with van der Waals surface area (Å²) in [6, 6.07) is 0. The number of allylic oxidation sites excluding steroid dienone is 12. The number of nitrogens with two attached hydrogens (primary N) is 1. The van der Waals surface area contributed by atoms with Gasteiger partial charge in [-0.1, -0.05) is 389 Å². The summed E-state index contributed by atoms with van der Waals surface area (Å²) in [7, 11) is -4.40. The highest BCUT2D eigenvalue weighted by Gasteiger charge is 2.26. The average molecular weight is 1330 g/mol. The molecule has 0 amide bonds. The second-order valence-electron chi connectivity index (χ2n) is 27.3. The molecular weight excluding hydrogens is 1170 g/mol. The molecule has 10 heteroatoms. The van der Waals surface area contributed by atoms with Crippen LogP contribution >= 0.6 is 7.82 Å². The number of carbonyl (C=O) groups excluding carboxylic acids is 2. The highest BCUT2D eigenvalue weighted by atomic mass is 31.2. The van der Waals surface area contributed by atoms with Crippen LogP contribution in [0.5, 0.6) is 0 Å². The zero-order valence-electron chi connectivity index (χ0n) is 61.5. The predicted molar refractivity (Wildman–Crippen MR) is 404 cm³/mol. The van der Waals surface area contributed by atoms with Crippen molar-refractivity contribution in [3.63, 3.8) is 0 Å². The van der Waals surface area contributed by atoms with E-state index in [1.165, 1.54) is 315 Å². The molecule has 9 nitrogen and oxygen atoms in total. The fourth-order valence-corrected chi connectivity index (χ4v) is 12.9. The molecule has 0 saturated heterocycles. The summed E-state index contributed by atoms with van der Waals surface area (Å²) in [4.78, 5) is 35.5. The fraction of sp³-hybridized carbons (Fsp3) is 0.831. The standard InChI is InChI=1S/C83H154NO8P/c1-3-5-7-9-11-13-15-17-19-21-23-25-27-29-31-33-35-37-39-40-42-43-45-47-49-51-53-55-57-59-61-63-65-67-69-71-73-75-82(85)89-79-81(80-91-93(87,88)90-78-77-84)92-83(86)76-74-72-70-68-66-64-62-60-58-56-54-52-50-48-46-44-41-38-36-34-32-30-28-26-24-22-20-18-16-14-12-10-8-6-4-2/h6,8,12,14,18,20-21,23-24,26,30,32,81H,3-5,7,9-11,13,15-17,19,22,25,27-29,31,33-80,84H2,1-2H3,(H,87,88)/b8-6-,14-12-,20-18-,23-21-,26-24-,32-30-. The maximum atomic E-state index is 12.8. The first kappa shape index (κ1) is 90.5. The first-order valence-corrected chi connectivity index (χ1v) is 41.9. The van der Waals surface area contributed by atoms with Gasteiger partial charge >= 0.3 is 19.8 Å². The van der Waals surface area contributed by atoms with Gasteiger partial charge in [-0.15, -0.1) is 0 Å². The Morgan fingerprint density at radius 1 is 0.333 bits per heavy atom. The molecule has 0 aliphatic carbocycles. The second-order valence-corrected chi connectivity index (χ2v) is 28.7. The van der Waals surface area contributed by atoms with Crippen LogP contribution in [0.3, 0.4) is 0 Å². The van der Waals surface area contributed by atoms with E-state index in [-0.39, 0.29) is 38.6 Å². The quantitative estimate of drug-likeness (QED) is 0.0264. The van der Waals surface area contributed by atoms with Crippen LogP contribution < -0.4 is 5.73 Å². The molecule has 93 heavy (non-hydrogen) atoms. The molecular formula is C83H154NO8P. The van der Waals surface area contributed by atoms with Crippen LogP contribution in [0.15, 0.2) is 72.9 Å². The van der Waals surface area contributed by atoms with Gasteiger partial charge in [0.05, 0.1) is 13.2 Å². The molecule has 3 N–H and O–H groups in total. The molecule has 2 atom stereocenters. The van der Waals surface area contributed by atoms with Crippen LogP contribution in [-0.2, 0) is 32.7 Å². The molecule has 0 fully saturated rings. The van der Waals surface area contributed by atoms with Crippen molar-refractivity contribution in [2.45, 2.75) is 418 Å². The molecule has 0 aromatic carbocycles. The Labute approximate surface area is 577 Å². The van der Waals surface area contributed by atoms with Crippen LogP contribution in [0.4, 0.5) is 0 Å². The third-order valence-corrected chi connectivity index (χ3v) is 19.1. The summed E-state index contributed by atoms with van der Waals surface area (Å²) in [5.41, 5.74) is 5.42. The van der Waals surface area contributed by atoms with Gasteiger partial charge in [0.25, 0.3) is 0 Å². The van der Waals surface area contributed by atoms with Crippen molar-refractivity contribution in [1.82, 2.24) is 0 Å². The minimum absolute atomic E-state index is 0.0546. The van der Waals surface area contributed by atoms with Crippen LogP contribution in [0.2, 0.25) is 0 Å². The Hall–Kier alpha value is -2.55. The highest BCUT2D eigenvalue weighted by molar-refractivity contribution is 7.47. The van der Waals surface area contributed by atoms with E-state index in [2.05, 4.69) is 86.8 Å². The van der Waals surface area contributed by atoms with Gasteiger partial charge in [0.15, 0.2) is 6.10 Å². The molecule has 0 aromatic heterocycles. The third-order valence-electron chi connectivity index (χ3n) is 18.1. The topological polar surface area (TPSA) is 134 Å². The molecule has 0 rings (SSSR count). The Morgan fingerprint density at radius 3 is 0.892 bits per heavy atom. The summed E-state index contributed by atoms with van der Waals surface area (Å²) in [5.74, 6) is -0.805. The summed E-state index contributed by atoms with van der Waals surface area (Å²) in [6.07, 6.45) is 105. The van der Waals surface area contributed by atoms with Crippen molar-refractivity contribution in [3.8, 4) is 0 Å². The summed E-state index contributed by atoms with van der Waals surface area (Å²) in [5, 5.41) is 0. The highest BCUT2D eigenvalue weighted by Crippen LogP contribution is 2.43. The number of hydrogen-bond donors (Lipinski definition) is 2. The average Bonchev–Trinajstić information content (AvgIpc) is 3.70. The van der Waals surface area contributed by atoms with Crippen LogP contribution in [0.25, 0.3) is 0 Å². The first-order valence-electron chi connectivity index (χ1n) is 40.4. The van der Waals surface area contributed by atoms with Crippen molar-refractivity contribution in [2.24, 2.45) is 5.73 Å². The third kappa shape index (κ3) is 78.3. The van der Waals surface area contributed by atoms with Gasteiger partial charge in [0, 0.05) is 19.4 Å². The van der Waals surface area contributed by atoms with Crippen molar-refractivity contribution < 1.29 is 37.6 Å². The monoisotopic (exact) mass is 1320 g/mol. The van der Waals surface area contributed by atoms with Gasteiger partial charge in [-0.25, -0.2) is 4.57 Å². The summed E-state index contributed by atoms with van der Waals surface area (Å²) in [6.45, 7) is 3.70. The lowest BCUT2D eigenvalue weighted by Crippen LogP contribution is -2.29. The lowest BCUT2D eigenvalue weighted by atomic mass is 10.0. The molecule has 0 aliphatic rings. The van der Waals surface area contributed by atoms with E-state index in [1.807, 2.05) is 0 Å². The van der Waals surface area contributed by atoms with Crippen molar-refractivity contribution in [1.29, 1.82) is 0 Å². The molecule has 0 bridgehead atoms. The number of phosphoric acid groups is 1. The van der Waals surface area contributed by atoms with Crippen molar-refractivity contribution in [3.05, 3.63) is 72.9 Å². The van der Waals surface area contributed by atoms with E-state index in [0.29, 0.717) is 6.42 Å². The maximum absolute atomic E-state index is 12.8. The molecule has 0 spiro atoms. The zero-order chi connectivity index (χ0) is 67.2. The van der Waals surface area contributed by atoms with E-state index in [0.717, 1.165) is 64.2 Å². The van der Waals surface area contributed by atoms with Gasteiger partial charge in [-0.05, 0) is 83.5 Å². The molecule has 0 aliphatic heterocycles. The minimum atomic E-state index is -4.40. The molecule has 0 aromatic rings. The Balaban J connectivity index is 3.76. The van der Waals surface area contributed by atoms with E-state index >= 15 is 0 Å². The normalized spacial score (nSPS) is 13.2. The smallest absolute Gasteiger partial charge is 0.462 e. The second kappa shape index (κ2) is 78.4. The lowest BCUT2D eigenvalue weighted by Gasteiger charge is -2.19. The summed E-state index contributed by atoms with van der Waals surface area (Å²) >= 11 is 0.